The average Bonchev–Trinajstić information content (AvgIpc) is 1.64. The number of rotatable bonds is 1. The summed E-state index contributed by atoms with van der Waals surface area (Å²) in [4.78, 5) is 0. The molecule has 11 saturated heterocycles. The minimum absolute atomic E-state index is 0. The molecule has 0 aromatic heterocycles. The van der Waals surface area contributed by atoms with Crippen molar-refractivity contribution in [2.24, 2.45) is 23.7 Å². The van der Waals surface area contributed by atoms with E-state index in [-0.39, 0.29) is 264 Å². The van der Waals surface area contributed by atoms with E-state index in [4.69, 9.17) is 85.3 Å². The van der Waals surface area contributed by atoms with Crippen molar-refractivity contribution in [2.75, 3.05) is 26.4 Å². The van der Waals surface area contributed by atoms with Gasteiger partial charge in [0.25, 0.3) is 0 Å². The molecule has 41 atom stereocenters. The molecule has 1 unspecified atom stereocenters. The van der Waals surface area contributed by atoms with Crippen molar-refractivity contribution >= 4 is 40.8 Å². The second-order valence-corrected chi connectivity index (χ2v) is 32.9. The van der Waals surface area contributed by atoms with Gasteiger partial charge in [-0.15, -0.1) is 24.0 Å². The summed E-state index contributed by atoms with van der Waals surface area (Å²) in [5.41, 5.74) is -1.00. The third-order valence-corrected chi connectivity index (χ3v) is 26.4. The van der Waals surface area contributed by atoms with Gasteiger partial charge in [-0.2, -0.15) is 0 Å². The molecule has 6 N–H and O–H groups in total. The van der Waals surface area contributed by atoms with Crippen molar-refractivity contribution in [3.63, 3.8) is 0 Å². The van der Waals surface area contributed by atoms with E-state index in [0.717, 1.165) is 25.7 Å². The first-order chi connectivity index (χ1) is 49.5. The molecule has 18 rings (SSSR count). The van der Waals surface area contributed by atoms with E-state index in [2.05, 4.69) is 64.2 Å². The Morgan fingerprint density at radius 2 is 0.881 bits per heavy atom. The normalized spacial score (nSPS) is 53.2. The van der Waals surface area contributed by atoms with Crippen molar-refractivity contribution in [1.82, 2.24) is 0 Å². The molecule has 612 valence electrons. The second kappa shape index (κ2) is 38.4. The zero-order valence-electron chi connectivity index (χ0n) is 63.3. The van der Waals surface area contributed by atoms with E-state index in [9.17, 15) is 30.6 Å². The molecule has 18 aliphatic heterocycles. The van der Waals surface area contributed by atoms with Crippen molar-refractivity contribution in [1.29, 1.82) is 0 Å². The van der Waals surface area contributed by atoms with Crippen LogP contribution in [0.3, 0.4) is 0 Å². The van der Waals surface area contributed by atoms with Crippen LogP contribution >= 0.6 is 24.0 Å². The van der Waals surface area contributed by atoms with Crippen LogP contribution in [0.15, 0.2) is 85.1 Å². The quantitative estimate of drug-likeness (QED) is 0.123. The summed E-state index contributed by atoms with van der Waals surface area (Å²) in [7, 11) is 0. The first kappa shape index (κ1) is 91.0. The largest absolute Gasteiger partial charge is 1.00 e. The first-order valence-corrected chi connectivity index (χ1v) is 38.9. The Bertz CT molecular complexity index is 3170. The van der Waals surface area contributed by atoms with Gasteiger partial charge in [-0.05, 0) is 70.1 Å². The number of halogens is 2. The van der Waals surface area contributed by atoms with Crippen LogP contribution in [0.4, 0.5) is 4.70 Å². The van der Waals surface area contributed by atoms with Crippen molar-refractivity contribution in [3.8, 4) is 0 Å². The molecule has 0 aromatic rings. The number of ether oxygens (including phenoxy) is 18. The van der Waals surface area contributed by atoms with Gasteiger partial charge >= 0.3 is 51.4 Å². The smallest absolute Gasteiger partial charge is 1.00 e. The molecule has 0 aromatic carbocycles. The predicted molar refractivity (Wildman–Crippen MR) is 412 cm³/mol. The van der Waals surface area contributed by atoms with E-state index in [0.29, 0.717) is 84.0 Å². The number of fused-ring (bicyclic) bond motifs is 15. The zero-order chi connectivity index (χ0) is 69.9. The van der Waals surface area contributed by atoms with Crippen molar-refractivity contribution in [2.45, 2.75) is 364 Å². The van der Waals surface area contributed by atoms with Crippen molar-refractivity contribution in [3.05, 3.63) is 85.1 Å². The molecular weight excluding hydrogens is 1550 g/mol. The minimum atomic E-state index is -1.00. The Kier molecular flexibility index (Phi) is 32.0. The number of aliphatic hydroxyl groups excluding tert-OH is 6. The summed E-state index contributed by atoms with van der Waals surface area (Å²) in [6, 6.07) is 0. The van der Waals surface area contributed by atoms with Crippen LogP contribution in [0.25, 0.3) is 0 Å². The summed E-state index contributed by atoms with van der Waals surface area (Å²) in [5.74, 6) is -0.459. The maximum absolute atomic E-state index is 12.3. The van der Waals surface area contributed by atoms with Gasteiger partial charge in [0.05, 0.1) is 149 Å². The molecule has 18 aliphatic rings. The van der Waals surface area contributed by atoms with E-state index < -0.39 is 109 Å². The second-order valence-electron chi connectivity index (χ2n) is 32.9. The van der Waals surface area contributed by atoms with Crippen LogP contribution in [0.5, 0.6) is 0 Å². The Morgan fingerprint density at radius 1 is 0.422 bits per heavy atom. The predicted octanol–water partition coefficient (Wildman–Crippen LogP) is 3.86. The van der Waals surface area contributed by atoms with Crippen molar-refractivity contribution < 1.29 is 178 Å². The summed E-state index contributed by atoms with van der Waals surface area (Å²) >= 11 is 0. The molecule has 24 nitrogen and oxygen atoms in total. The molecule has 0 saturated carbocycles. The Labute approximate surface area is 712 Å². The third-order valence-electron chi connectivity index (χ3n) is 26.4. The maximum atomic E-state index is 12.3. The fraction of sp³-hybridized carbons (Fsp3) is 0.825. The van der Waals surface area contributed by atoms with Crippen LogP contribution in [0.1, 0.15) is 145 Å². The van der Waals surface area contributed by atoms with E-state index in [1.54, 1.807) is 6.08 Å². The summed E-state index contributed by atoms with van der Waals surface area (Å²) in [5, 5.41) is 66.4. The molecule has 6 radical (unpaired) electrons. The Morgan fingerprint density at radius 3 is 1.47 bits per heavy atom. The number of hydrogen-bond donors (Lipinski definition) is 6. The molecule has 109 heavy (non-hydrogen) atoms. The molecule has 29 heteroatoms. The van der Waals surface area contributed by atoms with E-state index in [1.807, 2.05) is 49.5 Å². The molecule has 0 bridgehead atoms. The fourth-order valence-electron chi connectivity index (χ4n) is 20.4. The number of hydrogen-bond acceptors (Lipinski definition) is 24. The Hall–Kier alpha value is -0.354. The summed E-state index contributed by atoms with van der Waals surface area (Å²) in [6.45, 7) is 12.0. The zero-order valence-corrected chi connectivity index (χ0v) is 67.8. The molecule has 0 amide bonds. The van der Waals surface area contributed by atoms with E-state index >= 15 is 0 Å². The van der Waals surface area contributed by atoms with Gasteiger partial charge in [0.15, 0.2) is 5.79 Å². The SMILES string of the molecule is C.C.C[C@@H]1C[C@@H]2O[C@@H]3[C@@H](C)[C@H](O)[C@@H]4OC5(CCCO5)[C@@H](C)[C@H](C)[C@H]4O[C@H]3C[C@H]2O[C@H]2C[C@H]3O[C@H]4/C=C\C[C@H]5O[C@H]6C=C[C@H]7O[C@H]8[C@H](O)[C@H]9OCC=CC[C@@H]9O[C@@H]8C[C@@H]7O[C@@H]6C/C=C\[C@@H]5O[C@@H]4C[C@@H](O)[C@]3(C)O[C@@H]2C1.F.I.OC[C@H]1O[C@H]2C=C[C@H]3O[C@H]4[C@H](O)[C@H]5OCC=CC[C@@H]5O[C@@H]4C[C@@H]3O[C@@H]2C/C=C\[C@@H]1O.[2HH].[2HH].[B].[B].[H-].[HH].[K+]. The van der Waals surface area contributed by atoms with Gasteiger partial charge in [-0.1, -0.05) is 128 Å². The van der Waals surface area contributed by atoms with Crippen LogP contribution in [0.2, 0.25) is 0 Å². The van der Waals surface area contributed by atoms with Crippen LogP contribution in [0, 0.1) is 23.7 Å². The van der Waals surface area contributed by atoms with Gasteiger partial charge in [-0.3, -0.25) is 4.70 Å². The summed E-state index contributed by atoms with van der Waals surface area (Å²) in [6.07, 6.45) is 22.3. The summed E-state index contributed by atoms with van der Waals surface area (Å²) < 4.78 is 119. The monoisotopic (exact) mass is 1680 g/mol. The van der Waals surface area contributed by atoms with Gasteiger partial charge in [-0.25, -0.2) is 0 Å². The topological polar surface area (TPSA) is 288 Å². The molecular formula is C80H127B2FIKO24. The van der Waals surface area contributed by atoms with Gasteiger partial charge in [0, 0.05) is 71.5 Å². The van der Waals surface area contributed by atoms with Crippen LogP contribution in [-0.4, -0.2) is 299 Å². The minimum Gasteiger partial charge on any atom is -1.00 e. The molecule has 18 heterocycles. The molecule has 0 aliphatic carbocycles. The molecule has 1 spiro atoms. The Balaban J connectivity index is 0.000000414. The fourth-order valence-corrected chi connectivity index (χ4v) is 20.4. The van der Waals surface area contributed by atoms with E-state index in [1.165, 1.54) is 0 Å². The van der Waals surface area contributed by atoms with Gasteiger partial charge < -0.3 is 117 Å². The standard InChI is InChI=1S/C56H80O16.C22H30O8.2CH4.2B.FH.HI.K.3H2.H/c1-27-21-38-40(24-44-50(69-38)29(3)48(58)54-51(70-44)28(2)30(4)56(72-54)18-10-20-61-56)66-42-26-47-55(5,71-43(42)22-27)46(57)25-41-34(67-47)15-9-12-31-32(64-41)13-8-14-33-35(62-31)16-17-36-39(63-33)23-45-53(68-36)49(59)52-37(65-45)11-6-7-19-60-52;23-11-19-12(24)4-3-6-13-14(28-19)7-8-15-17(27-13)10-18-22(30-15)20(25)21-16(29-18)5-1-2-9-26-21;;;;;;;;;;;/h6-9,13,15-17,27-54,57-59H,10-12,14,18-26H2,1-5H3;1-4,7-8,12-25H,5-6,9-11H2;2*1H4;;;2*1H;;3*1H;/q;;;;;;;;+1;;;;-1/b13-8-,15-9-;4-3-;;;;;;;;;;;/t27-,28+,29+,30+,31-,32+,33-,34+,35+,36-,37+,38+,39+,40-,41-,42+,43-,44+,45-,46-,47-,48+,49-,50-,51-,52+,53-,54+,55+,56?;12-,13+,14-,15+,16-,17-,18+,19+,20+,21-,22+;;;;;;;;;;;/m10.........../s1/i;;;;;;;;;2*1+1;;. The number of aliphatic hydroxyl groups is 6. The van der Waals surface area contributed by atoms with Crippen LogP contribution < -0.4 is 51.4 Å². The molecule has 11 fully saturated rings. The maximum Gasteiger partial charge on any atom is 1.00 e. The average molecular weight is 1680 g/mol. The van der Waals surface area contributed by atoms with Crippen LogP contribution in [-0.2, 0) is 85.3 Å². The van der Waals surface area contributed by atoms with Gasteiger partial charge in [0.1, 0.15) is 97.2 Å². The van der Waals surface area contributed by atoms with Gasteiger partial charge in [0.2, 0.25) is 0 Å². The first-order valence-electron chi connectivity index (χ1n) is 38.9. The third kappa shape index (κ3) is 18.0.